The van der Waals surface area contributed by atoms with Crippen molar-refractivity contribution in [3.8, 4) is 5.88 Å². The number of nitrogens with zero attached hydrogens (tertiary/aromatic N) is 20. The number of piperazine rings is 3. The highest BCUT2D eigenvalue weighted by Crippen LogP contribution is 2.45. The van der Waals surface area contributed by atoms with E-state index in [2.05, 4.69) is 181 Å². The van der Waals surface area contributed by atoms with Crippen molar-refractivity contribution in [3.05, 3.63) is 90.4 Å². The summed E-state index contributed by atoms with van der Waals surface area (Å²) < 4.78 is 59.2. The molecule has 39 heteroatoms. The van der Waals surface area contributed by atoms with E-state index in [9.17, 15) is 18.0 Å². The van der Waals surface area contributed by atoms with Gasteiger partial charge in [-0.05, 0) is 278 Å². The highest BCUT2D eigenvalue weighted by molar-refractivity contribution is 7.88. The molecule has 0 bridgehead atoms. The molecule has 5 aliphatic carbocycles. The van der Waals surface area contributed by atoms with Crippen molar-refractivity contribution in [1.29, 1.82) is 0 Å². The van der Waals surface area contributed by atoms with Gasteiger partial charge in [0.25, 0.3) is 0 Å². The Labute approximate surface area is 867 Å². The summed E-state index contributed by atoms with van der Waals surface area (Å²) in [5.41, 5.74) is 11.2. The largest absolute Gasteiger partial charge is 0.474 e. The molecule has 0 aromatic carbocycles. The van der Waals surface area contributed by atoms with Gasteiger partial charge in [0.1, 0.15) is 89.2 Å². The first-order valence-corrected chi connectivity index (χ1v) is 57.4. The average molecular weight is 2050 g/mol. The molecule has 8 N–H and O–H groups in total. The topological polar surface area (TPSA) is 400 Å². The molecule has 8 saturated heterocycles. The smallest absolute Gasteiger partial charge is 0.319 e. The number of nitrogens with one attached hydrogen (secondary N) is 8. The van der Waals surface area contributed by atoms with Crippen LogP contribution in [0.4, 0.5) is 28.1 Å². The monoisotopic (exact) mass is 2050 g/mol. The second-order valence-electron chi connectivity index (χ2n) is 44.3. The molecule has 147 heavy (non-hydrogen) atoms. The van der Waals surface area contributed by atoms with E-state index in [-0.39, 0.29) is 18.0 Å². The van der Waals surface area contributed by atoms with Gasteiger partial charge in [-0.25, -0.2) is 63.1 Å². The fourth-order valence-electron chi connectivity index (χ4n) is 25.9. The zero-order valence-electron chi connectivity index (χ0n) is 88.6. The standard InChI is InChI=1S/C24H37N7O2.C23H34N6O2.C22H34N6O3S.C20H31N5O.C19H28N4O2/c1-29(2)24(32)31-11-9-30(10-12-31)19-5-3-18(4-6-19)28-23-21-20(17-7-13-33-14-8-17)15-25-22(21)26-16-27-23;1-16(30)28-8-10-29(11-9-28)19-4-2-18(3-5-19)27-23-21-20(17-6-12-31-13-7-17)14-24-22(21)25-15-26-23;1-32(29,30)28-10-8-27(9-11-28)18-4-2-17(3-5-18)26-22-20-19(16-6-12-31-13-7-16)14-23-21(20)24-15-25-22;1-24(2)15-4-6-16(7-5-15)25(3)20-18-17(14-8-10-26-11-9-14)12-21-19(18)22-13-23-20;1-23(2)14-3-5-15(6-4-14)25-19-17-16(13-7-9-24-10-8-13)11-20-18(17)21-12-22-19/h15-19H,3-14H2,1-2H3,(H2,25,26,27,28);14-15,17-19H,2-13H2,1H3,(H2,24,25,26,27);14-18H,2-13H2,1H3,(H2,23,24,25,26);12-16H,4-11H2,1-3H3,(H,21,22,23);11-15H,3-10H2,1-2H3,(H,20,21,22). The number of ether oxygens (including phenoxy) is 6. The van der Waals surface area contributed by atoms with Crippen LogP contribution in [0.25, 0.3) is 55.2 Å². The maximum atomic E-state index is 12.2. The molecule has 10 aromatic rings. The lowest BCUT2D eigenvalue weighted by Gasteiger charge is -2.42. The number of fused-ring (bicyclic) bond motifs is 5. The van der Waals surface area contributed by atoms with E-state index in [1.165, 1.54) is 104 Å². The zero-order valence-corrected chi connectivity index (χ0v) is 89.5. The van der Waals surface area contributed by atoms with Gasteiger partial charge in [0.15, 0.2) is 0 Å². The van der Waals surface area contributed by atoms with Crippen molar-refractivity contribution in [2.45, 2.75) is 290 Å². The van der Waals surface area contributed by atoms with E-state index in [1.807, 2.05) is 23.9 Å². The number of carbonyl (C=O) groups is 2. The van der Waals surface area contributed by atoms with Gasteiger partial charge in [-0.1, -0.05) is 0 Å². The maximum Gasteiger partial charge on any atom is 0.319 e. The van der Waals surface area contributed by atoms with E-state index in [0.29, 0.717) is 91.0 Å². The first-order chi connectivity index (χ1) is 71.6. The Morgan fingerprint density at radius 3 is 0.966 bits per heavy atom. The molecular weight excluding hydrogens is 1880 g/mol. The number of hydrogen-bond acceptors (Lipinski definition) is 29. The number of rotatable bonds is 21. The molecular formula is C108H164N28O10S. The Morgan fingerprint density at radius 2 is 0.633 bits per heavy atom. The molecule has 3 amide bonds. The van der Waals surface area contributed by atoms with Crippen molar-refractivity contribution in [2.24, 2.45) is 0 Å². The fraction of sp³-hybridized carbons (Fsp3) is 0.704. The van der Waals surface area contributed by atoms with E-state index in [4.69, 9.17) is 33.4 Å². The molecule has 8 aliphatic heterocycles. The number of hydrogen-bond donors (Lipinski definition) is 8. The molecule has 10 aromatic heterocycles. The molecule has 13 aliphatic rings. The van der Waals surface area contributed by atoms with Gasteiger partial charge in [-0.2, -0.15) is 4.31 Å². The Kier molecular flexibility index (Phi) is 36.0. The van der Waals surface area contributed by atoms with Crippen molar-refractivity contribution >= 4 is 100 Å². The van der Waals surface area contributed by atoms with E-state index in [0.717, 1.165) is 345 Å². The molecule has 18 heterocycles. The van der Waals surface area contributed by atoms with Gasteiger partial charge in [0.05, 0.1) is 33.2 Å². The second-order valence-corrected chi connectivity index (χ2v) is 46.2. The number of sulfonamides is 1. The van der Waals surface area contributed by atoms with Crippen LogP contribution in [0.15, 0.2) is 62.6 Å². The molecule has 0 radical (unpaired) electrons. The van der Waals surface area contributed by atoms with E-state index >= 15 is 0 Å². The summed E-state index contributed by atoms with van der Waals surface area (Å²) in [6.07, 6.45) is 54.3. The highest BCUT2D eigenvalue weighted by atomic mass is 32.2. The molecule has 802 valence electrons. The SMILES string of the molecule is CC(=O)N1CCN(C2CCC(Nc3ncnc4[nH]cc(C5CCOCC5)c34)CC2)CC1.CN(C)C(=O)N1CCN(C2CCC(Nc3ncnc4[nH]cc(C5CCOCC5)c34)CC2)CC1.CN(C)C1CCC(N(C)c2ncnc3[nH]cc(C4CCOCC4)c23)CC1.CN(C)C1CCC(Oc2ncnc3[nH]cc(C4CCOCC4)c23)CC1.CS(=O)(=O)N1CCN(C2CCC(Nc3ncnc4[nH]cc(C5CCOCC5)c34)CC2)CC1. The lowest BCUT2D eigenvalue weighted by molar-refractivity contribution is -0.131. The van der Waals surface area contributed by atoms with Crippen LogP contribution >= 0.6 is 0 Å². The summed E-state index contributed by atoms with van der Waals surface area (Å²) in [6, 6.07) is 5.18. The van der Waals surface area contributed by atoms with Crippen LogP contribution in [-0.4, -0.2) is 399 Å². The van der Waals surface area contributed by atoms with Crippen molar-refractivity contribution in [1.82, 2.24) is 118 Å². The van der Waals surface area contributed by atoms with Crippen LogP contribution in [0.5, 0.6) is 5.88 Å². The number of H-pyrrole nitrogens is 5. The zero-order chi connectivity index (χ0) is 101. The van der Waals surface area contributed by atoms with Gasteiger partial charge in [0.2, 0.25) is 21.8 Å². The minimum atomic E-state index is -3.07. The highest BCUT2D eigenvalue weighted by Gasteiger charge is 2.39. The van der Waals surface area contributed by atoms with Gasteiger partial charge in [-0.3, -0.25) is 19.5 Å². The summed E-state index contributed by atoms with van der Waals surface area (Å²) in [7, 11) is 11.5. The predicted octanol–water partition coefficient (Wildman–Crippen LogP) is 14.0. The molecule has 0 spiro atoms. The van der Waals surface area contributed by atoms with Crippen LogP contribution in [0.3, 0.4) is 0 Å². The molecule has 23 rings (SSSR count). The van der Waals surface area contributed by atoms with Crippen LogP contribution < -0.4 is 25.6 Å². The summed E-state index contributed by atoms with van der Waals surface area (Å²) in [6.45, 7) is 20.2. The molecule has 0 unspecified atom stereocenters. The van der Waals surface area contributed by atoms with Crippen LogP contribution in [0, 0.1) is 0 Å². The third-order valence-corrected chi connectivity index (χ3v) is 36.1. The van der Waals surface area contributed by atoms with Crippen molar-refractivity contribution < 1.29 is 46.4 Å². The first-order valence-electron chi connectivity index (χ1n) is 55.5. The number of aromatic amines is 5. The Balaban J connectivity index is 0.000000116. The van der Waals surface area contributed by atoms with Crippen LogP contribution in [0.2, 0.25) is 0 Å². The summed E-state index contributed by atoms with van der Waals surface area (Å²) >= 11 is 0. The maximum absolute atomic E-state index is 12.2. The third kappa shape index (κ3) is 26.1. The van der Waals surface area contributed by atoms with Crippen molar-refractivity contribution in [3.63, 3.8) is 0 Å². The Bertz CT molecular complexity index is 5940. The van der Waals surface area contributed by atoms with Gasteiger partial charge in [-0.15, -0.1) is 0 Å². The van der Waals surface area contributed by atoms with Gasteiger partial charge < -0.3 is 98.7 Å². The molecule has 0 atom stereocenters. The third-order valence-electron chi connectivity index (χ3n) is 34.8. The number of anilines is 4. The van der Waals surface area contributed by atoms with Crippen LogP contribution in [-0.2, 0) is 38.5 Å². The lowest BCUT2D eigenvalue weighted by Crippen LogP contribution is -2.54. The summed E-state index contributed by atoms with van der Waals surface area (Å²) in [5.74, 6) is 7.49. The van der Waals surface area contributed by atoms with Gasteiger partial charge >= 0.3 is 6.03 Å². The summed E-state index contributed by atoms with van der Waals surface area (Å²) in [5, 5.41) is 17.0. The van der Waals surface area contributed by atoms with Crippen LogP contribution in [0.1, 0.15) is 257 Å². The van der Waals surface area contributed by atoms with Gasteiger partial charge in [0, 0.05) is 258 Å². The molecule has 13 fully saturated rings. The quantitative estimate of drug-likeness (QED) is 0.0331. The number of aromatic nitrogens is 15. The van der Waals surface area contributed by atoms with E-state index in [1.54, 1.807) is 47.8 Å². The Morgan fingerprint density at radius 1 is 0.340 bits per heavy atom. The minimum Gasteiger partial charge on any atom is -0.474 e. The minimum absolute atomic E-state index is 0.128. The normalized spacial score (nSPS) is 25.9. The number of amides is 3. The number of urea groups is 1. The Hall–Kier alpha value is -9.65. The van der Waals surface area contributed by atoms with Crippen molar-refractivity contribution in [2.75, 3.05) is 221 Å². The summed E-state index contributed by atoms with van der Waals surface area (Å²) in [4.78, 5) is 106. The number of carbonyl (C=O) groups excluding carboxylic acids is 2. The fourth-order valence-corrected chi connectivity index (χ4v) is 26.7. The molecule has 5 saturated carbocycles. The van der Waals surface area contributed by atoms with E-state index < -0.39 is 10.0 Å². The molecule has 38 nitrogen and oxygen atoms in total. The lowest BCUT2D eigenvalue weighted by atomic mass is 9.89. The predicted molar refractivity (Wildman–Crippen MR) is 575 cm³/mol. The first kappa shape index (κ1) is 106. The second kappa shape index (κ2) is 50.1. The average Bonchev–Trinajstić information content (AvgIpc) is 1.63.